The van der Waals surface area contributed by atoms with Gasteiger partial charge in [-0.05, 0) is 52.8 Å². The standard InChI is InChI=1S/C30H36O8/c1-6-25(33)36-16-24(32)30(38-27(35)8-3)17(4)13-22-21-11-9-18-14-19(37-26(34)7-2)10-12-20(18)28(21)23(31)15-29(22,30)5/h9-12,14,17,22-23,31H,6-8,13,15-16H2,1-5H3/t17-,22+,23+,29+,30-/m1/s1. The van der Waals surface area contributed by atoms with Crippen LogP contribution in [-0.4, -0.2) is 41.0 Å². The highest BCUT2D eigenvalue weighted by Gasteiger charge is 2.69. The number of carbonyl (C=O) groups is 4. The van der Waals surface area contributed by atoms with E-state index in [-0.39, 0.29) is 43.5 Å². The van der Waals surface area contributed by atoms with Gasteiger partial charge in [0.1, 0.15) is 5.75 Å². The predicted octanol–water partition coefficient (Wildman–Crippen LogP) is 4.94. The van der Waals surface area contributed by atoms with E-state index in [9.17, 15) is 24.3 Å². The molecule has 0 amide bonds. The van der Waals surface area contributed by atoms with Crippen molar-refractivity contribution >= 4 is 34.5 Å². The molecule has 204 valence electrons. The van der Waals surface area contributed by atoms with E-state index in [1.807, 2.05) is 32.0 Å². The molecule has 8 heteroatoms. The summed E-state index contributed by atoms with van der Waals surface area (Å²) in [6.45, 7) is 8.33. The molecule has 8 nitrogen and oxygen atoms in total. The number of esters is 3. The van der Waals surface area contributed by atoms with Crippen LogP contribution in [0.25, 0.3) is 10.8 Å². The maximum Gasteiger partial charge on any atom is 0.310 e. The van der Waals surface area contributed by atoms with Crippen LogP contribution >= 0.6 is 0 Å². The van der Waals surface area contributed by atoms with Crippen molar-refractivity contribution in [3.05, 3.63) is 41.5 Å². The van der Waals surface area contributed by atoms with Crippen LogP contribution in [0.5, 0.6) is 5.75 Å². The number of aliphatic hydroxyl groups excluding tert-OH is 1. The lowest BCUT2D eigenvalue weighted by atomic mass is 9.58. The number of ether oxygens (including phenoxy) is 3. The lowest BCUT2D eigenvalue weighted by Gasteiger charge is -2.49. The Balaban J connectivity index is 1.81. The average Bonchev–Trinajstić information content (AvgIpc) is 3.12. The van der Waals surface area contributed by atoms with Crippen molar-refractivity contribution in [1.82, 2.24) is 0 Å². The summed E-state index contributed by atoms with van der Waals surface area (Å²) >= 11 is 0. The van der Waals surface area contributed by atoms with Crippen LogP contribution in [0.4, 0.5) is 0 Å². The van der Waals surface area contributed by atoms with Crippen LogP contribution in [0.15, 0.2) is 30.3 Å². The summed E-state index contributed by atoms with van der Waals surface area (Å²) in [6, 6.07) is 9.20. The maximum absolute atomic E-state index is 13.8. The second-order valence-electron chi connectivity index (χ2n) is 10.6. The normalized spacial score (nSPS) is 27.8. The first-order chi connectivity index (χ1) is 18.0. The number of Topliss-reactive ketones (excluding diaryl/α,β-unsaturated/α-hetero) is 1. The fourth-order valence-corrected chi connectivity index (χ4v) is 6.64. The fraction of sp³-hybridized carbons (Fsp3) is 0.533. The zero-order valence-electron chi connectivity index (χ0n) is 22.7. The van der Waals surface area contributed by atoms with E-state index in [1.54, 1.807) is 32.9 Å². The molecule has 1 fully saturated rings. The molecule has 1 saturated carbocycles. The lowest BCUT2D eigenvalue weighted by Crippen LogP contribution is -2.59. The molecule has 2 aromatic carbocycles. The molecule has 0 unspecified atom stereocenters. The summed E-state index contributed by atoms with van der Waals surface area (Å²) in [5.41, 5.74) is -0.807. The Labute approximate surface area is 222 Å². The molecule has 0 saturated heterocycles. The van der Waals surface area contributed by atoms with E-state index in [4.69, 9.17) is 14.2 Å². The Kier molecular flexibility index (Phi) is 7.66. The first-order valence-corrected chi connectivity index (χ1v) is 13.4. The van der Waals surface area contributed by atoms with Gasteiger partial charge in [-0.1, -0.05) is 52.8 Å². The number of hydrogen-bond acceptors (Lipinski definition) is 8. The number of benzene rings is 2. The largest absolute Gasteiger partial charge is 0.457 e. The van der Waals surface area contributed by atoms with Gasteiger partial charge in [-0.3, -0.25) is 19.2 Å². The minimum absolute atomic E-state index is 0.0892. The molecular weight excluding hydrogens is 488 g/mol. The average molecular weight is 525 g/mol. The molecule has 4 rings (SSSR count). The molecule has 0 heterocycles. The fourth-order valence-electron chi connectivity index (χ4n) is 6.64. The quantitative estimate of drug-likeness (QED) is 0.381. The molecule has 2 aliphatic rings. The van der Waals surface area contributed by atoms with Gasteiger partial charge < -0.3 is 19.3 Å². The summed E-state index contributed by atoms with van der Waals surface area (Å²) in [5, 5.41) is 13.2. The minimum atomic E-state index is -1.55. The Morgan fingerprint density at radius 1 is 0.974 bits per heavy atom. The molecule has 0 aliphatic heterocycles. The van der Waals surface area contributed by atoms with Crippen LogP contribution in [0.1, 0.15) is 89.9 Å². The zero-order chi connectivity index (χ0) is 27.8. The number of aliphatic hydroxyl groups is 1. The number of carbonyl (C=O) groups excluding carboxylic acids is 4. The number of fused-ring (bicyclic) bond motifs is 5. The third-order valence-electron chi connectivity index (χ3n) is 8.44. The van der Waals surface area contributed by atoms with Crippen LogP contribution in [0, 0.1) is 11.3 Å². The van der Waals surface area contributed by atoms with Gasteiger partial charge in [-0.15, -0.1) is 0 Å². The smallest absolute Gasteiger partial charge is 0.310 e. The number of hydrogen-bond donors (Lipinski definition) is 1. The van der Waals surface area contributed by atoms with Crippen molar-refractivity contribution in [2.24, 2.45) is 11.3 Å². The summed E-state index contributed by atoms with van der Waals surface area (Å²) in [5.74, 6) is -1.93. The molecule has 0 aromatic heterocycles. The Bertz CT molecular complexity index is 1280. The van der Waals surface area contributed by atoms with E-state index >= 15 is 0 Å². The topological polar surface area (TPSA) is 116 Å². The maximum atomic E-state index is 13.8. The van der Waals surface area contributed by atoms with Crippen LogP contribution < -0.4 is 4.74 Å². The lowest BCUT2D eigenvalue weighted by molar-refractivity contribution is -0.192. The second kappa shape index (κ2) is 10.5. The molecule has 2 aliphatic carbocycles. The van der Waals surface area contributed by atoms with Gasteiger partial charge >= 0.3 is 17.9 Å². The van der Waals surface area contributed by atoms with Crippen LogP contribution in [0.2, 0.25) is 0 Å². The monoisotopic (exact) mass is 524 g/mol. The van der Waals surface area contributed by atoms with Crippen molar-refractivity contribution in [2.45, 2.75) is 84.3 Å². The Hall–Kier alpha value is -3.26. The van der Waals surface area contributed by atoms with Gasteiger partial charge in [0.15, 0.2) is 12.2 Å². The molecule has 38 heavy (non-hydrogen) atoms. The first-order valence-electron chi connectivity index (χ1n) is 13.4. The van der Waals surface area contributed by atoms with E-state index in [0.717, 1.165) is 21.9 Å². The molecule has 0 radical (unpaired) electrons. The van der Waals surface area contributed by atoms with Crippen molar-refractivity contribution in [1.29, 1.82) is 0 Å². The van der Waals surface area contributed by atoms with Gasteiger partial charge in [0.05, 0.1) is 6.10 Å². The molecule has 5 atom stereocenters. The predicted molar refractivity (Wildman–Crippen MR) is 139 cm³/mol. The van der Waals surface area contributed by atoms with E-state index in [2.05, 4.69) is 0 Å². The highest BCUT2D eigenvalue weighted by Crippen LogP contribution is 2.66. The van der Waals surface area contributed by atoms with Crippen molar-refractivity contribution in [3.63, 3.8) is 0 Å². The molecule has 0 bridgehead atoms. The van der Waals surface area contributed by atoms with Crippen molar-refractivity contribution in [3.8, 4) is 5.75 Å². The summed E-state index contributed by atoms with van der Waals surface area (Å²) < 4.78 is 16.6. The van der Waals surface area contributed by atoms with Crippen molar-refractivity contribution in [2.75, 3.05) is 6.61 Å². The Morgan fingerprint density at radius 2 is 1.66 bits per heavy atom. The van der Waals surface area contributed by atoms with E-state index in [1.165, 1.54) is 0 Å². The van der Waals surface area contributed by atoms with Gasteiger partial charge in [0.25, 0.3) is 0 Å². The number of rotatable bonds is 8. The molecule has 1 N–H and O–H groups in total. The molecule has 2 aromatic rings. The highest BCUT2D eigenvalue weighted by atomic mass is 16.6. The third-order valence-corrected chi connectivity index (χ3v) is 8.44. The summed E-state index contributed by atoms with van der Waals surface area (Å²) in [4.78, 5) is 50.1. The first kappa shape index (κ1) is 27.8. The molecule has 0 spiro atoms. The van der Waals surface area contributed by atoms with Gasteiger partial charge in [0, 0.05) is 30.6 Å². The van der Waals surface area contributed by atoms with E-state index in [0.29, 0.717) is 12.2 Å². The van der Waals surface area contributed by atoms with Crippen LogP contribution in [0.3, 0.4) is 0 Å². The van der Waals surface area contributed by atoms with Gasteiger partial charge in [0.2, 0.25) is 5.78 Å². The highest BCUT2D eigenvalue weighted by molar-refractivity contribution is 5.95. The zero-order valence-corrected chi connectivity index (χ0v) is 22.7. The summed E-state index contributed by atoms with van der Waals surface area (Å²) in [6.07, 6.45) is 0.286. The van der Waals surface area contributed by atoms with Crippen molar-refractivity contribution < 1.29 is 38.5 Å². The summed E-state index contributed by atoms with van der Waals surface area (Å²) in [7, 11) is 0. The van der Waals surface area contributed by atoms with Gasteiger partial charge in [-0.2, -0.15) is 0 Å². The minimum Gasteiger partial charge on any atom is -0.457 e. The van der Waals surface area contributed by atoms with Gasteiger partial charge in [-0.25, -0.2) is 0 Å². The second-order valence-corrected chi connectivity index (χ2v) is 10.6. The molecular formula is C30H36O8. The third kappa shape index (κ3) is 4.38. The number of ketones is 1. The van der Waals surface area contributed by atoms with E-state index < -0.39 is 41.4 Å². The van der Waals surface area contributed by atoms with Crippen LogP contribution in [-0.2, 0) is 28.7 Å². The SMILES string of the molecule is CCC(=O)OCC(=O)[C@]1(OC(=O)CC)[C@H](C)C[C@H]2c3ccc4cc(OC(=O)CC)ccc4c3[C@@H](O)C[C@@]21C. The Morgan fingerprint density at radius 3 is 2.32 bits per heavy atom.